The van der Waals surface area contributed by atoms with Gasteiger partial charge in [0.2, 0.25) is 0 Å². The number of hydrogen-bond acceptors (Lipinski definition) is 4. The summed E-state index contributed by atoms with van der Waals surface area (Å²) in [7, 11) is 0. The molecule has 180 valence electrons. The van der Waals surface area contributed by atoms with Gasteiger partial charge in [-0.1, -0.05) is 52.0 Å². The Morgan fingerprint density at radius 1 is 1.03 bits per heavy atom. The number of carbonyl (C=O) groups excluding carboxylic acids is 2. The Bertz CT molecular complexity index is 916. The molecule has 0 saturated heterocycles. The quantitative estimate of drug-likeness (QED) is 0.518. The fourth-order valence-corrected chi connectivity index (χ4v) is 5.50. The minimum atomic E-state index is -0.379. The Morgan fingerprint density at radius 3 is 2.33 bits per heavy atom. The van der Waals surface area contributed by atoms with Crippen molar-refractivity contribution >= 4 is 11.7 Å². The van der Waals surface area contributed by atoms with Crippen LogP contribution in [-0.2, 0) is 19.1 Å². The van der Waals surface area contributed by atoms with Crippen LogP contribution in [0.15, 0.2) is 35.6 Å². The molecule has 2 aliphatic heterocycles. The molecule has 1 saturated carbocycles. The summed E-state index contributed by atoms with van der Waals surface area (Å²) in [5.41, 5.74) is 2.80. The molecule has 0 bridgehead atoms. The van der Waals surface area contributed by atoms with Gasteiger partial charge < -0.3 is 14.4 Å². The highest BCUT2D eigenvalue weighted by atomic mass is 16.5. The summed E-state index contributed by atoms with van der Waals surface area (Å²) >= 11 is 0. The SMILES string of the molecule is CC(C)OCCCN1C(=O)C2=C(C(=O)C3CC(C)C(C)CC3O2)C1c1ccc(C(C)C)cc1. The highest BCUT2D eigenvalue weighted by Gasteiger charge is 2.53. The number of fused-ring (bicyclic) bond motifs is 1. The highest BCUT2D eigenvalue weighted by Crippen LogP contribution is 2.48. The zero-order chi connectivity index (χ0) is 23.9. The molecule has 0 aromatic heterocycles. The van der Waals surface area contributed by atoms with Crippen molar-refractivity contribution in [3.05, 3.63) is 46.7 Å². The number of nitrogens with zero attached hydrogens (tertiary/aromatic N) is 1. The van der Waals surface area contributed by atoms with Gasteiger partial charge in [-0.05, 0) is 62.0 Å². The Labute approximate surface area is 198 Å². The van der Waals surface area contributed by atoms with E-state index in [0.717, 1.165) is 24.8 Å². The van der Waals surface area contributed by atoms with Crippen molar-refractivity contribution in [1.82, 2.24) is 4.90 Å². The lowest BCUT2D eigenvalue weighted by molar-refractivity contribution is -0.137. The van der Waals surface area contributed by atoms with Crippen LogP contribution in [0.2, 0.25) is 0 Å². The van der Waals surface area contributed by atoms with Gasteiger partial charge in [0.15, 0.2) is 11.5 Å². The average molecular weight is 454 g/mol. The normalized spacial score (nSPS) is 29.6. The average Bonchev–Trinajstić information content (AvgIpc) is 3.04. The molecule has 1 aliphatic carbocycles. The first-order valence-electron chi connectivity index (χ1n) is 12.7. The van der Waals surface area contributed by atoms with E-state index in [1.165, 1.54) is 5.56 Å². The van der Waals surface area contributed by atoms with Crippen molar-refractivity contribution in [3.63, 3.8) is 0 Å². The second-order valence-corrected chi connectivity index (χ2v) is 10.8. The smallest absolute Gasteiger partial charge is 0.290 e. The summed E-state index contributed by atoms with van der Waals surface area (Å²) in [6.45, 7) is 13.9. The maximum atomic E-state index is 13.8. The summed E-state index contributed by atoms with van der Waals surface area (Å²) in [6, 6.07) is 8.00. The van der Waals surface area contributed by atoms with Gasteiger partial charge in [-0.3, -0.25) is 9.59 Å². The summed E-state index contributed by atoms with van der Waals surface area (Å²) in [4.78, 5) is 29.2. The second-order valence-electron chi connectivity index (χ2n) is 10.8. The molecule has 5 unspecified atom stereocenters. The second kappa shape index (κ2) is 9.61. The monoisotopic (exact) mass is 453 g/mol. The molecule has 2 heterocycles. The first kappa shape index (κ1) is 24.0. The summed E-state index contributed by atoms with van der Waals surface area (Å²) in [6.07, 6.45) is 2.36. The lowest BCUT2D eigenvalue weighted by Gasteiger charge is -2.40. The van der Waals surface area contributed by atoms with Crippen LogP contribution in [0, 0.1) is 17.8 Å². The van der Waals surface area contributed by atoms with Crippen LogP contribution in [0.25, 0.3) is 0 Å². The van der Waals surface area contributed by atoms with Crippen molar-refractivity contribution < 1.29 is 19.1 Å². The molecule has 33 heavy (non-hydrogen) atoms. The van der Waals surface area contributed by atoms with Crippen LogP contribution in [-0.4, -0.2) is 41.9 Å². The molecular formula is C28H39NO4. The zero-order valence-electron chi connectivity index (χ0n) is 21.0. The van der Waals surface area contributed by atoms with E-state index in [2.05, 4.69) is 52.0 Å². The molecule has 0 N–H and O–H groups in total. The van der Waals surface area contributed by atoms with E-state index in [1.807, 2.05) is 18.7 Å². The van der Waals surface area contributed by atoms with Crippen LogP contribution in [0.1, 0.15) is 83.9 Å². The molecule has 0 radical (unpaired) electrons. The molecule has 0 spiro atoms. The van der Waals surface area contributed by atoms with Crippen molar-refractivity contribution in [3.8, 4) is 0 Å². The highest BCUT2D eigenvalue weighted by molar-refractivity contribution is 6.11. The van der Waals surface area contributed by atoms with Crippen LogP contribution in [0.5, 0.6) is 0 Å². The van der Waals surface area contributed by atoms with Crippen molar-refractivity contribution in [2.24, 2.45) is 17.8 Å². The largest absolute Gasteiger partial charge is 0.483 e. The topological polar surface area (TPSA) is 55.8 Å². The predicted octanol–water partition coefficient (Wildman–Crippen LogP) is 5.41. The third-order valence-corrected chi connectivity index (χ3v) is 7.72. The number of hydrogen-bond donors (Lipinski definition) is 0. The summed E-state index contributed by atoms with van der Waals surface area (Å²) in [5.74, 6) is 1.51. The van der Waals surface area contributed by atoms with E-state index in [9.17, 15) is 9.59 Å². The standard InChI is InChI=1S/C28H39NO4/c1-16(2)20-8-10-21(11-9-20)25-24-26(30)22-14-18(5)19(6)15-23(22)33-27(24)28(31)29(25)12-7-13-32-17(3)4/h8-11,16-19,22-23,25H,7,12-15H2,1-6H3. The van der Waals surface area contributed by atoms with Gasteiger partial charge in [-0.2, -0.15) is 0 Å². The molecule has 5 atom stereocenters. The maximum absolute atomic E-state index is 13.8. The van der Waals surface area contributed by atoms with Crippen LogP contribution < -0.4 is 0 Å². The summed E-state index contributed by atoms with van der Waals surface area (Å²) < 4.78 is 12.1. The van der Waals surface area contributed by atoms with Crippen LogP contribution in [0.4, 0.5) is 0 Å². The van der Waals surface area contributed by atoms with Gasteiger partial charge in [0.25, 0.3) is 5.91 Å². The first-order valence-corrected chi connectivity index (χ1v) is 12.7. The Morgan fingerprint density at radius 2 is 1.70 bits per heavy atom. The first-order chi connectivity index (χ1) is 15.7. The lowest BCUT2D eigenvalue weighted by Crippen LogP contribution is -2.43. The maximum Gasteiger partial charge on any atom is 0.290 e. The third-order valence-electron chi connectivity index (χ3n) is 7.72. The Balaban J connectivity index is 1.67. The Hall–Kier alpha value is -2.14. The van der Waals surface area contributed by atoms with Crippen LogP contribution >= 0.6 is 0 Å². The molecule has 3 aliphatic rings. The number of Topliss-reactive ketones (excluding diaryl/α,β-unsaturated/α-hetero) is 1. The van der Waals surface area contributed by atoms with Crippen molar-refractivity contribution in [1.29, 1.82) is 0 Å². The van der Waals surface area contributed by atoms with E-state index < -0.39 is 0 Å². The lowest BCUT2D eigenvalue weighted by atomic mass is 9.70. The molecule has 1 fully saturated rings. The van der Waals surface area contributed by atoms with E-state index in [-0.39, 0.29) is 35.9 Å². The molecule has 5 heteroatoms. The zero-order valence-corrected chi connectivity index (χ0v) is 21.0. The number of rotatable bonds is 7. The number of benzene rings is 1. The number of amides is 1. The van der Waals surface area contributed by atoms with Gasteiger partial charge in [-0.25, -0.2) is 0 Å². The van der Waals surface area contributed by atoms with Gasteiger partial charge in [0, 0.05) is 13.2 Å². The number of carbonyl (C=O) groups is 2. The van der Waals surface area contributed by atoms with E-state index in [1.54, 1.807) is 0 Å². The Kier molecular flexibility index (Phi) is 6.99. The number of ether oxygens (including phenoxy) is 2. The van der Waals surface area contributed by atoms with Crippen molar-refractivity contribution in [2.45, 2.75) is 85.0 Å². The minimum Gasteiger partial charge on any atom is -0.483 e. The molecule has 5 nitrogen and oxygen atoms in total. The molecule has 1 aromatic rings. The van der Waals surface area contributed by atoms with Crippen LogP contribution in [0.3, 0.4) is 0 Å². The third kappa shape index (κ3) is 4.62. The summed E-state index contributed by atoms with van der Waals surface area (Å²) in [5, 5.41) is 0. The fraction of sp³-hybridized carbons (Fsp3) is 0.643. The van der Waals surface area contributed by atoms with E-state index in [4.69, 9.17) is 9.47 Å². The van der Waals surface area contributed by atoms with Gasteiger partial charge in [0.05, 0.1) is 23.6 Å². The van der Waals surface area contributed by atoms with E-state index in [0.29, 0.717) is 42.2 Å². The molecular weight excluding hydrogens is 414 g/mol. The van der Waals surface area contributed by atoms with Crippen molar-refractivity contribution in [2.75, 3.05) is 13.2 Å². The predicted molar refractivity (Wildman–Crippen MR) is 129 cm³/mol. The van der Waals surface area contributed by atoms with Gasteiger partial charge in [-0.15, -0.1) is 0 Å². The molecule has 1 aromatic carbocycles. The van der Waals surface area contributed by atoms with E-state index >= 15 is 0 Å². The molecule has 4 rings (SSSR count). The fourth-order valence-electron chi connectivity index (χ4n) is 5.50. The minimum absolute atomic E-state index is 0.118. The molecule has 1 amide bonds. The number of ketones is 1. The van der Waals surface area contributed by atoms with Gasteiger partial charge >= 0.3 is 0 Å². The van der Waals surface area contributed by atoms with Gasteiger partial charge in [0.1, 0.15) is 6.10 Å².